The van der Waals surface area contributed by atoms with Crippen molar-refractivity contribution in [2.24, 2.45) is 0 Å². The van der Waals surface area contributed by atoms with Gasteiger partial charge in [-0.1, -0.05) is 6.07 Å². The fraction of sp³-hybridized carbons (Fsp3) is 0.250. The Morgan fingerprint density at radius 3 is 2.17 bits per heavy atom. The van der Waals surface area contributed by atoms with E-state index in [0.29, 0.717) is 31.7 Å². The molecule has 0 radical (unpaired) electrons. The van der Waals surface area contributed by atoms with Crippen LogP contribution < -0.4 is 0 Å². The van der Waals surface area contributed by atoms with Gasteiger partial charge in [0.2, 0.25) is 0 Å². The number of carbonyl (C=O) groups is 3. The number of carboxylic acids is 1. The lowest BCUT2D eigenvalue weighted by molar-refractivity contribution is 0.0532. The van der Waals surface area contributed by atoms with Gasteiger partial charge >= 0.3 is 5.97 Å². The smallest absolute Gasteiger partial charge is 0.354 e. The van der Waals surface area contributed by atoms with Crippen LogP contribution in [0.2, 0.25) is 0 Å². The van der Waals surface area contributed by atoms with E-state index in [4.69, 9.17) is 5.11 Å². The summed E-state index contributed by atoms with van der Waals surface area (Å²) in [5.41, 5.74) is 0.607. The third-order valence-electron chi connectivity index (χ3n) is 3.81. The molecule has 7 nitrogen and oxygen atoms in total. The minimum absolute atomic E-state index is 0.0330. The number of amides is 2. The molecule has 0 unspecified atom stereocenters. The van der Waals surface area contributed by atoms with E-state index in [0.717, 1.165) is 0 Å². The maximum Gasteiger partial charge on any atom is 0.354 e. The van der Waals surface area contributed by atoms with E-state index in [-0.39, 0.29) is 23.2 Å². The summed E-state index contributed by atoms with van der Waals surface area (Å²) in [6.07, 6.45) is 0. The molecule has 0 bridgehead atoms. The Bertz CT molecular complexity index is 767. The number of rotatable bonds is 3. The van der Waals surface area contributed by atoms with Crippen molar-refractivity contribution in [2.45, 2.75) is 0 Å². The van der Waals surface area contributed by atoms with Gasteiger partial charge in [0.15, 0.2) is 0 Å². The molecule has 0 spiro atoms. The molecule has 1 fully saturated rings. The van der Waals surface area contributed by atoms with Crippen LogP contribution in [0.15, 0.2) is 35.0 Å². The molecule has 1 aliphatic heterocycles. The number of aromatic nitrogens is 1. The Kier molecular flexibility index (Phi) is 4.57. The summed E-state index contributed by atoms with van der Waals surface area (Å²) in [5, 5.41) is 12.6. The first kappa shape index (κ1) is 16.1. The molecule has 0 saturated carbocycles. The van der Waals surface area contributed by atoms with E-state index >= 15 is 0 Å². The molecule has 1 aliphatic rings. The Hall–Kier alpha value is -2.74. The van der Waals surface area contributed by atoms with Gasteiger partial charge in [0.25, 0.3) is 11.8 Å². The number of piperazine rings is 1. The van der Waals surface area contributed by atoms with Crippen LogP contribution in [0.1, 0.15) is 31.3 Å². The molecule has 0 atom stereocenters. The lowest BCUT2D eigenvalue weighted by Crippen LogP contribution is -2.50. The van der Waals surface area contributed by atoms with Crippen LogP contribution in [0.4, 0.5) is 0 Å². The molecule has 2 aromatic heterocycles. The van der Waals surface area contributed by atoms with E-state index in [1.54, 1.807) is 21.2 Å². The van der Waals surface area contributed by atoms with Gasteiger partial charge in [-0.05, 0) is 23.6 Å². The zero-order valence-electron chi connectivity index (χ0n) is 12.7. The molecular formula is C16H15N3O4S. The van der Waals surface area contributed by atoms with Crippen molar-refractivity contribution in [3.63, 3.8) is 0 Å². The van der Waals surface area contributed by atoms with Gasteiger partial charge in [-0.2, -0.15) is 11.3 Å². The number of pyridine rings is 1. The van der Waals surface area contributed by atoms with Gasteiger partial charge < -0.3 is 14.9 Å². The number of hydrogen-bond donors (Lipinski definition) is 1. The molecule has 24 heavy (non-hydrogen) atoms. The number of aromatic carboxylic acids is 1. The molecule has 0 aliphatic carbocycles. The molecule has 2 aromatic rings. The third-order valence-corrected chi connectivity index (χ3v) is 4.49. The van der Waals surface area contributed by atoms with Gasteiger partial charge in [-0.15, -0.1) is 0 Å². The number of carbonyl (C=O) groups excluding carboxylic acids is 2. The van der Waals surface area contributed by atoms with E-state index in [1.807, 2.05) is 5.38 Å². The normalized spacial score (nSPS) is 14.5. The summed E-state index contributed by atoms with van der Waals surface area (Å²) in [6.45, 7) is 1.68. The Morgan fingerprint density at radius 2 is 1.58 bits per heavy atom. The maximum atomic E-state index is 12.4. The molecular weight excluding hydrogens is 330 g/mol. The molecule has 124 valence electrons. The fourth-order valence-electron chi connectivity index (χ4n) is 2.52. The van der Waals surface area contributed by atoms with Crippen molar-refractivity contribution in [3.05, 3.63) is 52.0 Å². The molecule has 8 heteroatoms. The van der Waals surface area contributed by atoms with E-state index < -0.39 is 5.97 Å². The van der Waals surface area contributed by atoms with Crippen molar-refractivity contribution in [2.75, 3.05) is 26.2 Å². The van der Waals surface area contributed by atoms with Gasteiger partial charge in [0.05, 0.1) is 5.56 Å². The number of nitrogens with zero attached hydrogens (tertiary/aromatic N) is 3. The van der Waals surface area contributed by atoms with Crippen LogP contribution >= 0.6 is 11.3 Å². The largest absolute Gasteiger partial charge is 0.477 e. The minimum Gasteiger partial charge on any atom is -0.477 e. The van der Waals surface area contributed by atoms with Crippen molar-refractivity contribution < 1.29 is 19.5 Å². The van der Waals surface area contributed by atoms with Crippen molar-refractivity contribution in [1.29, 1.82) is 0 Å². The lowest BCUT2D eigenvalue weighted by atomic mass is 10.2. The second-order valence-corrected chi connectivity index (χ2v) is 6.09. The number of thiophene rings is 1. The average Bonchev–Trinajstić information content (AvgIpc) is 3.15. The summed E-state index contributed by atoms with van der Waals surface area (Å²) >= 11 is 1.47. The van der Waals surface area contributed by atoms with Gasteiger partial charge in [0, 0.05) is 31.6 Å². The molecule has 1 saturated heterocycles. The summed E-state index contributed by atoms with van der Waals surface area (Å²) < 4.78 is 0. The highest BCUT2D eigenvalue weighted by Gasteiger charge is 2.26. The fourth-order valence-corrected chi connectivity index (χ4v) is 3.15. The van der Waals surface area contributed by atoms with Crippen LogP contribution in [-0.4, -0.2) is 63.9 Å². The van der Waals surface area contributed by atoms with Crippen molar-refractivity contribution in [1.82, 2.24) is 14.8 Å². The Labute approximate surface area is 142 Å². The van der Waals surface area contributed by atoms with E-state index in [1.165, 1.54) is 29.5 Å². The monoisotopic (exact) mass is 345 g/mol. The summed E-state index contributed by atoms with van der Waals surface area (Å²) in [4.78, 5) is 42.9. The predicted octanol–water partition coefficient (Wildman–Crippen LogP) is 1.44. The highest BCUT2D eigenvalue weighted by atomic mass is 32.1. The van der Waals surface area contributed by atoms with Crippen LogP contribution in [-0.2, 0) is 0 Å². The van der Waals surface area contributed by atoms with E-state index in [2.05, 4.69) is 4.98 Å². The summed E-state index contributed by atoms with van der Waals surface area (Å²) in [7, 11) is 0. The quantitative estimate of drug-likeness (QED) is 0.909. The molecule has 3 heterocycles. The van der Waals surface area contributed by atoms with Crippen molar-refractivity contribution in [3.8, 4) is 0 Å². The predicted molar refractivity (Wildman–Crippen MR) is 87.3 cm³/mol. The summed E-state index contributed by atoms with van der Waals surface area (Å²) in [6, 6.07) is 6.13. The third kappa shape index (κ3) is 3.28. The van der Waals surface area contributed by atoms with Crippen LogP contribution in [0.3, 0.4) is 0 Å². The average molecular weight is 345 g/mol. The minimum atomic E-state index is -1.17. The lowest BCUT2D eigenvalue weighted by Gasteiger charge is -2.34. The van der Waals surface area contributed by atoms with Gasteiger partial charge in [0.1, 0.15) is 11.4 Å². The second-order valence-electron chi connectivity index (χ2n) is 5.31. The van der Waals surface area contributed by atoms with Crippen molar-refractivity contribution >= 4 is 29.1 Å². The van der Waals surface area contributed by atoms with Gasteiger partial charge in [-0.25, -0.2) is 9.78 Å². The molecule has 3 rings (SSSR count). The van der Waals surface area contributed by atoms with E-state index in [9.17, 15) is 14.4 Å². The summed E-state index contributed by atoms with van der Waals surface area (Å²) in [5.74, 6) is -1.52. The second kappa shape index (κ2) is 6.79. The standard InChI is InChI=1S/C16H15N3O4S/c20-14(11-4-9-24-10-11)18-5-7-19(8-6-18)15(21)12-2-1-3-13(17-12)16(22)23/h1-4,9-10H,5-8H2,(H,22,23). The van der Waals surface area contributed by atoms with Gasteiger partial charge in [-0.3, -0.25) is 9.59 Å². The van der Waals surface area contributed by atoms with Crippen LogP contribution in [0.25, 0.3) is 0 Å². The molecule has 1 N–H and O–H groups in total. The maximum absolute atomic E-state index is 12.4. The first-order valence-corrected chi connectivity index (χ1v) is 8.31. The number of hydrogen-bond acceptors (Lipinski definition) is 5. The van der Waals surface area contributed by atoms with Crippen LogP contribution in [0, 0.1) is 0 Å². The SMILES string of the molecule is O=C(O)c1cccc(C(=O)N2CCN(C(=O)c3ccsc3)CC2)n1. The molecule has 0 aromatic carbocycles. The molecule has 2 amide bonds. The first-order valence-electron chi connectivity index (χ1n) is 7.37. The topological polar surface area (TPSA) is 90.8 Å². The Balaban J connectivity index is 1.64. The Morgan fingerprint density at radius 1 is 0.958 bits per heavy atom. The number of carboxylic acid groups (broad SMARTS) is 1. The highest BCUT2D eigenvalue weighted by Crippen LogP contribution is 2.13. The zero-order valence-corrected chi connectivity index (χ0v) is 13.5. The zero-order chi connectivity index (χ0) is 17.1. The van der Waals surface area contributed by atoms with Crippen LogP contribution in [0.5, 0.6) is 0 Å². The first-order chi connectivity index (χ1) is 11.6. The highest BCUT2D eigenvalue weighted by molar-refractivity contribution is 7.08.